The third kappa shape index (κ3) is 3.42. The van der Waals surface area contributed by atoms with Gasteiger partial charge in [0.25, 0.3) is 6.26 Å². The molecular weight excluding hydrogens is 262 g/mol. The third-order valence-electron chi connectivity index (χ3n) is 3.42. The van der Waals surface area contributed by atoms with Gasteiger partial charge in [-0.3, -0.25) is 0 Å². The first-order chi connectivity index (χ1) is 10.2. The van der Waals surface area contributed by atoms with Crippen molar-refractivity contribution in [3.05, 3.63) is 53.6 Å². The van der Waals surface area contributed by atoms with E-state index in [2.05, 4.69) is 26.0 Å². The van der Waals surface area contributed by atoms with Crippen LogP contribution >= 0.6 is 0 Å². The summed E-state index contributed by atoms with van der Waals surface area (Å²) in [5, 5.41) is 8.66. The van der Waals surface area contributed by atoms with Crippen LogP contribution in [0.2, 0.25) is 0 Å². The second-order valence-electron chi connectivity index (χ2n) is 5.19. The molecule has 0 saturated heterocycles. The average molecular weight is 281 g/mol. The first kappa shape index (κ1) is 15.1. The Kier molecular flexibility index (Phi) is 4.97. The highest BCUT2D eigenvalue weighted by Crippen LogP contribution is 2.34. The lowest BCUT2D eigenvalue weighted by Crippen LogP contribution is -1.98. The van der Waals surface area contributed by atoms with E-state index in [1.54, 1.807) is 13.4 Å². The number of nitrogens with zero attached hydrogens (tertiary/aromatic N) is 1. The first-order valence-electron chi connectivity index (χ1n) is 6.94. The van der Waals surface area contributed by atoms with Gasteiger partial charge in [0.2, 0.25) is 0 Å². The Labute approximate surface area is 125 Å². The van der Waals surface area contributed by atoms with Crippen molar-refractivity contribution in [2.45, 2.75) is 26.4 Å². The molecule has 2 aromatic rings. The zero-order valence-electron chi connectivity index (χ0n) is 12.6. The van der Waals surface area contributed by atoms with Gasteiger partial charge in [-0.1, -0.05) is 44.2 Å². The molecule has 0 aromatic heterocycles. The summed E-state index contributed by atoms with van der Waals surface area (Å²) in [4.78, 5) is 0. The minimum atomic E-state index is 0.331. The molecule has 0 spiro atoms. The molecule has 0 bridgehead atoms. The van der Waals surface area contributed by atoms with Crippen molar-refractivity contribution >= 4 is 0 Å². The van der Waals surface area contributed by atoms with Crippen LogP contribution in [0.5, 0.6) is 5.75 Å². The first-order valence-corrected chi connectivity index (χ1v) is 6.94. The van der Waals surface area contributed by atoms with Crippen molar-refractivity contribution < 1.29 is 9.47 Å². The monoisotopic (exact) mass is 281 g/mol. The zero-order valence-corrected chi connectivity index (χ0v) is 12.6. The molecule has 0 unspecified atom stereocenters. The summed E-state index contributed by atoms with van der Waals surface area (Å²) in [7, 11) is 1.70. The molecule has 3 nitrogen and oxygen atoms in total. The van der Waals surface area contributed by atoms with E-state index in [1.807, 2.05) is 30.3 Å². The summed E-state index contributed by atoms with van der Waals surface area (Å²) >= 11 is 0. The van der Waals surface area contributed by atoms with Crippen LogP contribution < -0.4 is 4.74 Å². The molecule has 2 aromatic carbocycles. The number of ether oxygens (including phenoxy) is 2. The highest BCUT2D eigenvalue weighted by atomic mass is 16.5. The van der Waals surface area contributed by atoms with E-state index in [4.69, 9.17) is 14.7 Å². The van der Waals surface area contributed by atoms with Crippen LogP contribution in [0.4, 0.5) is 0 Å². The van der Waals surface area contributed by atoms with Gasteiger partial charge in [-0.15, -0.1) is 5.26 Å². The van der Waals surface area contributed by atoms with Gasteiger partial charge in [0, 0.05) is 7.11 Å². The Bertz CT molecular complexity index is 657. The van der Waals surface area contributed by atoms with Gasteiger partial charge in [0.05, 0.1) is 6.61 Å². The van der Waals surface area contributed by atoms with E-state index in [0.717, 1.165) is 22.3 Å². The summed E-state index contributed by atoms with van der Waals surface area (Å²) in [5.74, 6) is 0.909. The van der Waals surface area contributed by atoms with Gasteiger partial charge >= 0.3 is 0 Å². The van der Waals surface area contributed by atoms with E-state index in [1.165, 1.54) is 0 Å². The van der Waals surface area contributed by atoms with Gasteiger partial charge in [0.15, 0.2) is 0 Å². The molecule has 0 fully saturated rings. The molecule has 0 aliphatic rings. The van der Waals surface area contributed by atoms with Gasteiger partial charge in [-0.25, -0.2) is 0 Å². The topological polar surface area (TPSA) is 42.2 Å². The van der Waals surface area contributed by atoms with Crippen molar-refractivity contribution in [1.29, 1.82) is 5.26 Å². The molecule has 2 rings (SSSR count). The number of benzene rings is 2. The summed E-state index contributed by atoms with van der Waals surface area (Å²) in [6.45, 7) is 4.84. The number of rotatable bonds is 5. The number of methoxy groups -OCH3 is 1. The lowest BCUT2D eigenvalue weighted by Gasteiger charge is -2.16. The maximum absolute atomic E-state index is 8.66. The molecular formula is C18H19NO2. The largest absolute Gasteiger partial charge is 0.388 e. The standard InChI is InChI=1S/C18H19NO2/c1-13(2)18-10-15(21-12-19)8-9-17(18)16-7-5-4-6-14(16)11-20-3/h4-10,13H,11H2,1-3H3. The SMILES string of the molecule is COCc1ccccc1-c1ccc(OC#N)cc1C(C)C. The summed E-state index contributed by atoms with van der Waals surface area (Å²) < 4.78 is 10.2. The zero-order chi connectivity index (χ0) is 15.2. The molecule has 0 atom stereocenters. The van der Waals surface area contributed by atoms with Crippen molar-refractivity contribution in [2.75, 3.05) is 7.11 Å². The minimum Gasteiger partial charge on any atom is -0.388 e. The molecule has 0 aliphatic carbocycles. The Balaban J connectivity index is 2.56. The maximum atomic E-state index is 8.66. The summed E-state index contributed by atoms with van der Waals surface area (Å²) in [5.41, 5.74) is 4.62. The fraction of sp³-hybridized carbons (Fsp3) is 0.278. The molecule has 0 amide bonds. The Hall–Kier alpha value is -2.31. The minimum absolute atomic E-state index is 0.331. The highest BCUT2D eigenvalue weighted by molar-refractivity contribution is 5.72. The molecule has 3 heteroatoms. The van der Waals surface area contributed by atoms with E-state index in [9.17, 15) is 0 Å². The van der Waals surface area contributed by atoms with Crippen LogP contribution in [-0.2, 0) is 11.3 Å². The second kappa shape index (κ2) is 6.92. The molecule has 0 saturated carbocycles. The lowest BCUT2D eigenvalue weighted by molar-refractivity contribution is 0.185. The van der Waals surface area contributed by atoms with E-state index in [-0.39, 0.29) is 0 Å². The van der Waals surface area contributed by atoms with Gasteiger partial charge in [-0.05, 0) is 40.3 Å². The smallest absolute Gasteiger partial charge is 0.292 e. The number of nitriles is 1. The van der Waals surface area contributed by atoms with Crippen molar-refractivity contribution in [1.82, 2.24) is 0 Å². The predicted octanol–water partition coefficient (Wildman–Crippen LogP) is 4.48. The maximum Gasteiger partial charge on any atom is 0.292 e. The van der Waals surface area contributed by atoms with Crippen LogP contribution in [-0.4, -0.2) is 7.11 Å². The Morgan fingerprint density at radius 3 is 2.52 bits per heavy atom. The fourth-order valence-electron chi connectivity index (χ4n) is 2.44. The molecule has 0 radical (unpaired) electrons. The molecule has 21 heavy (non-hydrogen) atoms. The van der Waals surface area contributed by atoms with Crippen LogP contribution in [0.25, 0.3) is 11.1 Å². The van der Waals surface area contributed by atoms with Crippen LogP contribution in [0.1, 0.15) is 30.9 Å². The van der Waals surface area contributed by atoms with Gasteiger partial charge in [0.1, 0.15) is 5.75 Å². The van der Waals surface area contributed by atoms with E-state index in [0.29, 0.717) is 18.3 Å². The Morgan fingerprint density at radius 2 is 1.86 bits per heavy atom. The van der Waals surface area contributed by atoms with E-state index >= 15 is 0 Å². The summed E-state index contributed by atoms with van der Waals surface area (Å²) in [6, 6.07) is 14.0. The molecule has 108 valence electrons. The lowest BCUT2D eigenvalue weighted by atomic mass is 9.90. The van der Waals surface area contributed by atoms with Crippen LogP contribution in [0.3, 0.4) is 0 Å². The normalized spacial score (nSPS) is 10.4. The number of hydrogen-bond donors (Lipinski definition) is 0. The van der Waals surface area contributed by atoms with Crippen molar-refractivity contribution in [3.8, 4) is 23.1 Å². The van der Waals surface area contributed by atoms with Gasteiger partial charge in [-0.2, -0.15) is 0 Å². The predicted molar refractivity (Wildman–Crippen MR) is 82.9 cm³/mol. The third-order valence-corrected chi connectivity index (χ3v) is 3.42. The second-order valence-corrected chi connectivity index (χ2v) is 5.19. The Morgan fingerprint density at radius 1 is 1.10 bits per heavy atom. The van der Waals surface area contributed by atoms with Crippen molar-refractivity contribution in [3.63, 3.8) is 0 Å². The highest BCUT2D eigenvalue weighted by Gasteiger charge is 2.13. The van der Waals surface area contributed by atoms with Crippen LogP contribution in [0.15, 0.2) is 42.5 Å². The quantitative estimate of drug-likeness (QED) is 0.759. The van der Waals surface area contributed by atoms with Crippen LogP contribution in [0, 0.1) is 11.5 Å². The van der Waals surface area contributed by atoms with Gasteiger partial charge < -0.3 is 9.47 Å². The van der Waals surface area contributed by atoms with Crippen molar-refractivity contribution in [2.24, 2.45) is 0 Å². The molecule has 0 heterocycles. The van der Waals surface area contributed by atoms with E-state index < -0.39 is 0 Å². The number of hydrogen-bond acceptors (Lipinski definition) is 3. The fourth-order valence-corrected chi connectivity index (χ4v) is 2.44. The molecule has 0 aliphatic heterocycles. The molecule has 0 N–H and O–H groups in total. The average Bonchev–Trinajstić information content (AvgIpc) is 2.48. The summed E-state index contributed by atoms with van der Waals surface area (Å²) in [6.07, 6.45) is 1.72.